The Kier molecular flexibility index (Phi) is 10.6. The molecule has 0 aliphatic heterocycles. The van der Waals surface area contributed by atoms with Crippen molar-refractivity contribution in [2.24, 2.45) is 5.92 Å². The summed E-state index contributed by atoms with van der Waals surface area (Å²) in [5, 5.41) is 0. The maximum absolute atomic E-state index is 6.42. The van der Waals surface area contributed by atoms with Gasteiger partial charge in [0.25, 0.3) is 0 Å². The van der Waals surface area contributed by atoms with Crippen LogP contribution >= 0.6 is 0 Å². The van der Waals surface area contributed by atoms with E-state index in [-0.39, 0.29) is 5.92 Å². The second-order valence-electron chi connectivity index (χ2n) is 7.68. The van der Waals surface area contributed by atoms with Gasteiger partial charge in [-0.15, -0.1) is 0 Å². The summed E-state index contributed by atoms with van der Waals surface area (Å²) in [6.07, 6.45) is 10.7. The number of ether oxygens (including phenoxy) is 3. The van der Waals surface area contributed by atoms with E-state index < -0.39 is 5.97 Å². The van der Waals surface area contributed by atoms with E-state index in [9.17, 15) is 0 Å². The van der Waals surface area contributed by atoms with Gasteiger partial charge in [0.05, 0.1) is 5.92 Å². The Bertz CT molecular complexity index is 600. The van der Waals surface area contributed by atoms with Crippen molar-refractivity contribution >= 4 is 0 Å². The quantitative estimate of drug-likeness (QED) is 0.228. The maximum Gasteiger partial charge on any atom is 0.374 e. The highest BCUT2D eigenvalue weighted by Crippen LogP contribution is 2.35. The van der Waals surface area contributed by atoms with Crippen molar-refractivity contribution in [2.45, 2.75) is 77.6 Å². The third kappa shape index (κ3) is 7.74. The zero-order valence-corrected chi connectivity index (χ0v) is 18.4. The van der Waals surface area contributed by atoms with Crippen molar-refractivity contribution in [1.82, 2.24) is 0 Å². The van der Waals surface area contributed by atoms with Gasteiger partial charge in [0.2, 0.25) is 0 Å². The van der Waals surface area contributed by atoms with Gasteiger partial charge < -0.3 is 14.2 Å². The average molecular weight is 399 g/mol. The first-order valence-electron chi connectivity index (χ1n) is 11.3. The number of hydrogen-bond acceptors (Lipinski definition) is 3. The molecule has 0 aromatic heterocycles. The highest BCUT2D eigenvalue weighted by Gasteiger charge is 2.44. The lowest BCUT2D eigenvalue weighted by molar-refractivity contribution is -0.321. The van der Waals surface area contributed by atoms with Crippen LogP contribution in [0.1, 0.15) is 71.6 Å². The zero-order valence-electron chi connectivity index (χ0n) is 18.4. The van der Waals surface area contributed by atoms with Crippen LogP contribution in [0.5, 0.6) is 11.5 Å². The Morgan fingerprint density at radius 3 is 1.66 bits per heavy atom. The van der Waals surface area contributed by atoms with Gasteiger partial charge in [0.1, 0.15) is 11.5 Å². The van der Waals surface area contributed by atoms with Gasteiger partial charge in [0, 0.05) is 7.11 Å². The largest absolute Gasteiger partial charge is 0.430 e. The predicted octanol–water partition coefficient (Wildman–Crippen LogP) is 7.61. The summed E-state index contributed by atoms with van der Waals surface area (Å²) in [5.41, 5.74) is 0. The molecular weight excluding hydrogens is 360 g/mol. The van der Waals surface area contributed by atoms with Crippen LogP contribution in [0.3, 0.4) is 0 Å². The number of para-hydroxylation sites is 2. The molecule has 0 aliphatic carbocycles. The first kappa shape index (κ1) is 23.3. The first-order valence-corrected chi connectivity index (χ1v) is 11.3. The van der Waals surface area contributed by atoms with Crippen molar-refractivity contribution < 1.29 is 14.2 Å². The summed E-state index contributed by atoms with van der Waals surface area (Å²) in [4.78, 5) is 0. The van der Waals surface area contributed by atoms with Gasteiger partial charge in [-0.25, -0.2) is 0 Å². The normalized spacial score (nSPS) is 12.5. The Hall–Kier alpha value is -2.00. The number of benzene rings is 2. The smallest absolute Gasteiger partial charge is 0.374 e. The molecule has 0 radical (unpaired) electrons. The van der Waals surface area contributed by atoms with E-state index in [1.165, 1.54) is 32.1 Å². The molecule has 0 spiro atoms. The Morgan fingerprint density at radius 1 is 0.655 bits per heavy atom. The molecule has 2 aromatic rings. The first-order chi connectivity index (χ1) is 14.2. The molecule has 0 saturated heterocycles. The lowest BCUT2D eigenvalue weighted by Gasteiger charge is -2.39. The predicted molar refractivity (Wildman–Crippen MR) is 120 cm³/mol. The molecule has 1 atom stereocenters. The van der Waals surface area contributed by atoms with Gasteiger partial charge in [-0.05, 0) is 37.1 Å². The SMILES string of the molecule is CCCCCCCCC(CCC)C(OC)(Oc1ccccc1)Oc1ccccc1. The molecule has 3 nitrogen and oxygen atoms in total. The molecule has 3 heteroatoms. The third-order valence-electron chi connectivity index (χ3n) is 5.33. The zero-order chi connectivity index (χ0) is 20.8. The molecule has 0 amide bonds. The van der Waals surface area contributed by atoms with Crippen LogP contribution in [0.4, 0.5) is 0 Å². The molecule has 0 heterocycles. The van der Waals surface area contributed by atoms with E-state index in [0.717, 1.165) is 37.2 Å². The van der Waals surface area contributed by atoms with Gasteiger partial charge in [0.15, 0.2) is 0 Å². The number of methoxy groups -OCH3 is 1. The third-order valence-corrected chi connectivity index (χ3v) is 5.33. The van der Waals surface area contributed by atoms with Gasteiger partial charge in [-0.1, -0.05) is 95.2 Å². The Balaban J connectivity index is 2.18. The Morgan fingerprint density at radius 2 is 1.17 bits per heavy atom. The van der Waals surface area contributed by atoms with E-state index in [1.54, 1.807) is 7.11 Å². The summed E-state index contributed by atoms with van der Waals surface area (Å²) in [5.74, 6) is 0.523. The fraction of sp³-hybridized carbons (Fsp3) is 0.538. The van der Waals surface area contributed by atoms with Crippen molar-refractivity contribution in [1.29, 1.82) is 0 Å². The molecule has 160 valence electrons. The van der Waals surface area contributed by atoms with Crippen LogP contribution in [-0.2, 0) is 4.74 Å². The van der Waals surface area contributed by atoms with Crippen molar-refractivity contribution in [3.8, 4) is 11.5 Å². The molecule has 0 aliphatic rings. The summed E-state index contributed by atoms with van der Waals surface area (Å²) < 4.78 is 18.9. The van der Waals surface area contributed by atoms with E-state index in [2.05, 4.69) is 13.8 Å². The van der Waals surface area contributed by atoms with Crippen LogP contribution in [0.25, 0.3) is 0 Å². The highest BCUT2D eigenvalue weighted by molar-refractivity contribution is 5.24. The molecule has 2 aromatic carbocycles. The van der Waals surface area contributed by atoms with Crippen LogP contribution in [0, 0.1) is 5.92 Å². The summed E-state index contributed by atoms with van der Waals surface area (Å²) >= 11 is 0. The minimum atomic E-state index is -1.14. The monoisotopic (exact) mass is 398 g/mol. The molecule has 29 heavy (non-hydrogen) atoms. The molecule has 2 rings (SSSR count). The Labute approximate surface area is 177 Å². The second-order valence-corrected chi connectivity index (χ2v) is 7.68. The molecule has 0 N–H and O–H groups in total. The van der Waals surface area contributed by atoms with Crippen molar-refractivity contribution in [3.05, 3.63) is 60.7 Å². The van der Waals surface area contributed by atoms with Gasteiger partial charge in [-0.2, -0.15) is 0 Å². The van der Waals surface area contributed by atoms with E-state index >= 15 is 0 Å². The van der Waals surface area contributed by atoms with Gasteiger partial charge in [-0.3, -0.25) is 0 Å². The molecule has 0 saturated carbocycles. The number of rotatable bonds is 15. The van der Waals surface area contributed by atoms with Crippen molar-refractivity contribution in [3.63, 3.8) is 0 Å². The lowest BCUT2D eigenvalue weighted by Crippen LogP contribution is -2.51. The number of hydrogen-bond donors (Lipinski definition) is 0. The van der Waals surface area contributed by atoms with Crippen LogP contribution in [0.2, 0.25) is 0 Å². The minimum absolute atomic E-state index is 0.143. The maximum atomic E-state index is 6.42. The summed E-state index contributed by atoms with van der Waals surface area (Å²) in [6, 6.07) is 19.7. The summed E-state index contributed by atoms with van der Waals surface area (Å²) in [6.45, 7) is 4.46. The minimum Gasteiger partial charge on any atom is -0.430 e. The molecule has 0 fully saturated rings. The van der Waals surface area contributed by atoms with Crippen LogP contribution in [0.15, 0.2) is 60.7 Å². The van der Waals surface area contributed by atoms with E-state index in [0.29, 0.717) is 0 Å². The molecule has 1 unspecified atom stereocenters. The molecule has 0 bridgehead atoms. The van der Waals surface area contributed by atoms with E-state index in [1.807, 2.05) is 60.7 Å². The second kappa shape index (κ2) is 13.3. The van der Waals surface area contributed by atoms with Crippen molar-refractivity contribution in [2.75, 3.05) is 7.11 Å². The lowest BCUT2D eigenvalue weighted by atomic mass is 9.93. The standard InChI is InChI=1S/C26H38O3/c1-4-6-7-8-9-12-18-23(17-5-2)26(27-3,28-24-19-13-10-14-20-24)29-25-21-15-11-16-22-25/h10-11,13-16,19-23H,4-9,12,17-18H2,1-3H3. The average Bonchev–Trinajstić information content (AvgIpc) is 2.76. The van der Waals surface area contributed by atoms with Crippen LogP contribution in [-0.4, -0.2) is 13.1 Å². The van der Waals surface area contributed by atoms with E-state index in [4.69, 9.17) is 14.2 Å². The highest BCUT2D eigenvalue weighted by atomic mass is 16.9. The fourth-order valence-corrected chi connectivity index (χ4v) is 3.76. The fourth-order valence-electron chi connectivity index (χ4n) is 3.76. The van der Waals surface area contributed by atoms with Crippen LogP contribution < -0.4 is 9.47 Å². The molecular formula is C26H38O3. The van der Waals surface area contributed by atoms with Gasteiger partial charge >= 0.3 is 5.97 Å². The summed E-state index contributed by atoms with van der Waals surface area (Å²) in [7, 11) is 1.69. The number of unbranched alkanes of at least 4 members (excludes halogenated alkanes) is 5. The topological polar surface area (TPSA) is 27.7 Å².